The Labute approximate surface area is 145 Å². The Morgan fingerprint density at radius 2 is 2.10 bits per heavy atom. The molecule has 2 N–H and O–H groups in total. The first-order valence-corrected chi connectivity index (χ1v) is 7.26. The van der Waals surface area contributed by atoms with Gasteiger partial charge in [-0.2, -0.15) is 0 Å². The average Bonchev–Trinajstić information content (AvgIpc) is 2.43. The van der Waals surface area contributed by atoms with Gasteiger partial charge in [-0.1, -0.05) is 19.9 Å². The zero-order valence-corrected chi connectivity index (χ0v) is 15.7. The lowest BCUT2D eigenvalue weighted by atomic mass is 10.2. The molecule has 120 valence electrons. The first kappa shape index (κ1) is 19.9. The van der Waals surface area contributed by atoms with Gasteiger partial charge >= 0.3 is 0 Å². The maximum absolute atomic E-state index is 5.51. The van der Waals surface area contributed by atoms with Crippen LogP contribution < -0.4 is 15.4 Å². The largest absolute Gasteiger partial charge is 0.478 e. The van der Waals surface area contributed by atoms with Gasteiger partial charge in [-0.05, 0) is 25.8 Å². The predicted octanol–water partition coefficient (Wildman–Crippen LogP) is 2.81. The number of nitrogens with one attached hydrogen (secondary N) is 2. The first-order valence-electron chi connectivity index (χ1n) is 7.26. The summed E-state index contributed by atoms with van der Waals surface area (Å²) < 4.78 is 5.51. The van der Waals surface area contributed by atoms with Gasteiger partial charge in [0.2, 0.25) is 5.88 Å². The van der Waals surface area contributed by atoms with Crippen molar-refractivity contribution in [2.75, 3.05) is 19.7 Å². The number of halogens is 1. The molecule has 0 bridgehead atoms. The maximum Gasteiger partial charge on any atom is 0.218 e. The third-order valence-corrected chi connectivity index (χ3v) is 2.56. The number of hydrogen-bond acceptors (Lipinski definition) is 3. The normalized spacial score (nSPS) is 11.0. The molecular formula is C15H27IN4O. The molecule has 0 unspecified atom stereocenters. The molecule has 0 amide bonds. The Kier molecular flexibility index (Phi) is 11.0. The van der Waals surface area contributed by atoms with Crippen molar-refractivity contribution in [2.24, 2.45) is 10.9 Å². The zero-order valence-electron chi connectivity index (χ0n) is 13.3. The Balaban J connectivity index is 0.00000400. The fourth-order valence-electron chi connectivity index (χ4n) is 1.62. The topological polar surface area (TPSA) is 58.5 Å². The number of pyridine rings is 1. The average molecular weight is 406 g/mol. The van der Waals surface area contributed by atoms with Gasteiger partial charge in [-0.15, -0.1) is 24.0 Å². The predicted molar refractivity (Wildman–Crippen MR) is 98.5 cm³/mol. The van der Waals surface area contributed by atoms with Crippen LogP contribution in [0.1, 0.15) is 33.3 Å². The standard InChI is InChI=1S/C15H26N4O.HI/c1-5-16-15(18-10-12(3)4)19-11-13-8-7-9-17-14(13)20-6-2;/h7-9,12H,5-6,10-11H2,1-4H3,(H2,16,18,19);1H. The maximum atomic E-state index is 5.51. The van der Waals surface area contributed by atoms with Gasteiger partial charge < -0.3 is 15.4 Å². The van der Waals surface area contributed by atoms with Crippen LogP contribution in [-0.4, -0.2) is 30.6 Å². The Bertz CT molecular complexity index is 424. The highest BCUT2D eigenvalue weighted by molar-refractivity contribution is 14.0. The summed E-state index contributed by atoms with van der Waals surface area (Å²) in [6.45, 7) is 11.3. The van der Waals surface area contributed by atoms with Crippen LogP contribution in [0.3, 0.4) is 0 Å². The van der Waals surface area contributed by atoms with E-state index in [1.807, 2.05) is 19.1 Å². The van der Waals surface area contributed by atoms with Crippen molar-refractivity contribution in [2.45, 2.75) is 34.2 Å². The third-order valence-electron chi connectivity index (χ3n) is 2.56. The number of guanidine groups is 1. The molecule has 1 aromatic rings. The molecule has 0 radical (unpaired) electrons. The summed E-state index contributed by atoms with van der Waals surface area (Å²) in [7, 11) is 0. The summed E-state index contributed by atoms with van der Waals surface area (Å²) >= 11 is 0. The third kappa shape index (κ3) is 8.08. The van der Waals surface area contributed by atoms with Gasteiger partial charge in [-0.25, -0.2) is 9.98 Å². The summed E-state index contributed by atoms with van der Waals surface area (Å²) in [6, 6.07) is 3.90. The van der Waals surface area contributed by atoms with Crippen LogP contribution in [0.5, 0.6) is 5.88 Å². The van der Waals surface area contributed by atoms with Gasteiger partial charge in [0.15, 0.2) is 5.96 Å². The van der Waals surface area contributed by atoms with Crippen LogP contribution in [0.2, 0.25) is 0 Å². The molecular weight excluding hydrogens is 379 g/mol. The SMILES string of the molecule is CCNC(=NCc1cccnc1OCC)NCC(C)C.I. The highest BCUT2D eigenvalue weighted by atomic mass is 127. The van der Waals surface area contributed by atoms with E-state index < -0.39 is 0 Å². The highest BCUT2D eigenvalue weighted by Gasteiger charge is 2.04. The van der Waals surface area contributed by atoms with E-state index in [0.717, 1.165) is 24.6 Å². The first-order chi connectivity index (χ1) is 9.67. The number of aromatic nitrogens is 1. The lowest BCUT2D eigenvalue weighted by Crippen LogP contribution is -2.39. The molecule has 0 saturated carbocycles. The van der Waals surface area contributed by atoms with E-state index in [1.165, 1.54) is 0 Å². The van der Waals surface area contributed by atoms with Crippen molar-refractivity contribution >= 4 is 29.9 Å². The molecule has 5 nitrogen and oxygen atoms in total. The Morgan fingerprint density at radius 3 is 2.71 bits per heavy atom. The fraction of sp³-hybridized carbons (Fsp3) is 0.600. The molecule has 1 aromatic heterocycles. The van der Waals surface area contributed by atoms with E-state index >= 15 is 0 Å². The minimum absolute atomic E-state index is 0. The quantitative estimate of drug-likeness (QED) is 0.416. The highest BCUT2D eigenvalue weighted by Crippen LogP contribution is 2.15. The van der Waals surface area contributed by atoms with E-state index in [-0.39, 0.29) is 24.0 Å². The molecule has 0 aliphatic heterocycles. The summed E-state index contributed by atoms with van der Waals surface area (Å²) in [5, 5.41) is 6.56. The number of hydrogen-bond donors (Lipinski definition) is 2. The van der Waals surface area contributed by atoms with Crippen molar-refractivity contribution in [3.05, 3.63) is 23.9 Å². The van der Waals surface area contributed by atoms with Gasteiger partial charge in [0.05, 0.1) is 13.2 Å². The minimum atomic E-state index is 0. The van der Waals surface area contributed by atoms with Crippen LogP contribution in [-0.2, 0) is 6.54 Å². The van der Waals surface area contributed by atoms with Crippen molar-refractivity contribution in [3.8, 4) is 5.88 Å². The molecule has 1 rings (SSSR count). The van der Waals surface area contributed by atoms with Gasteiger partial charge in [0.25, 0.3) is 0 Å². The van der Waals surface area contributed by atoms with Gasteiger partial charge in [-0.3, -0.25) is 0 Å². The van der Waals surface area contributed by atoms with Crippen LogP contribution in [0, 0.1) is 5.92 Å². The van der Waals surface area contributed by atoms with Crippen molar-refractivity contribution in [1.29, 1.82) is 0 Å². The minimum Gasteiger partial charge on any atom is -0.478 e. The van der Waals surface area contributed by atoms with E-state index in [0.29, 0.717) is 24.9 Å². The van der Waals surface area contributed by atoms with Gasteiger partial charge in [0, 0.05) is 24.8 Å². The molecule has 0 saturated heterocycles. The monoisotopic (exact) mass is 406 g/mol. The molecule has 0 fully saturated rings. The van der Waals surface area contributed by atoms with E-state index in [2.05, 4.69) is 41.4 Å². The molecule has 0 atom stereocenters. The summed E-state index contributed by atoms with van der Waals surface area (Å²) in [4.78, 5) is 8.81. The van der Waals surface area contributed by atoms with Crippen LogP contribution >= 0.6 is 24.0 Å². The summed E-state index contributed by atoms with van der Waals surface area (Å²) in [5.74, 6) is 2.07. The second-order valence-corrected chi connectivity index (χ2v) is 4.87. The molecule has 0 spiro atoms. The van der Waals surface area contributed by atoms with E-state index in [4.69, 9.17) is 4.74 Å². The number of aliphatic imine (C=N–C) groups is 1. The second kappa shape index (κ2) is 11.6. The Hall–Kier alpha value is -1.05. The zero-order chi connectivity index (χ0) is 14.8. The number of nitrogens with zero attached hydrogens (tertiary/aromatic N) is 2. The number of rotatable bonds is 7. The van der Waals surface area contributed by atoms with Crippen LogP contribution in [0.4, 0.5) is 0 Å². The van der Waals surface area contributed by atoms with Crippen LogP contribution in [0.15, 0.2) is 23.3 Å². The van der Waals surface area contributed by atoms with Gasteiger partial charge in [0.1, 0.15) is 0 Å². The molecule has 0 aromatic carbocycles. The van der Waals surface area contributed by atoms with E-state index in [9.17, 15) is 0 Å². The molecule has 1 heterocycles. The molecule has 6 heteroatoms. The smallest absolute Gasteiger partial charge is 0.218 e. The number of ether oxygens (including phenoxy) is 1. The summed E-state index contributed by atoms with van der Waals surface area (Å²) in [6.07, 6.45) is 1.74. The fourth-order valence-corrected chi connectivity index (χ4v) is 1.62. The molecule has 0 aliphatic rings. The lowest BCUT2D eigenvalue weighted by Gasteiger charge is -2.13. The van der Waals surface area contributed by atoms with Crippen molar-refractivity contribution in [3.63, 3.8) is 0 Å². The van der Waals surface area contributed by atoms with Crippen LogP contribution in [0.25, 0.3) is 0 Å². The van der Waals surface area contributed by atoms with Crippen molar-refractivity contribution in [1.82, 2.24) is 15.6 Å². The molecule has 21 heavy (non-hydrogen) atoms. The van der Waals surface area contributed by atoms with Crippen molar-refractivity contribution < 1.29 is 4.74 Å². The Morgan fingerprint density at radius 1 is 1.33 bits per heavy atom. The summed E-state index contributed by atoms with van der Waals surface area (Å²) in [5.41, 5.74) is 0.996. The van der Waals surface area contributed by atoms with E-state index in [1.54, 1.807) is 6.20 Å². The second-order valence-electron chi connectivity index (χ2n) is 4.87. The lowest BCUT2D eigenvalue weighted by molar-refractivity contribution is 0.323. The molecule has 0 aliphatic carbocycles.